The summed E-state index contributed by atoms with van der Waals surface area (Å²) in [7, 11) is 0. The lowest BCUT2D eigenvalue weighted by atomic mass is 9.77. The fourth-order valence-electron chi connectivity index (χ4n) is 5.05. The van der Waals surface area contributed by atoms with E-state index in [1.165, 1.54) is 55.6 Å². The van der Waals surface area contributed by atoms with Gasteiger partial charge < -0.3 is 0 Å². The van der Waals surface area contributed by atoms with Gasteiger partial charge in [0.05, 0.1) is 0 Å². The fraction of sp³-hybridized carbons (Fsp3) is 0.393. The van der Waals surface area contributed by atoms with E-state index in [9.17, 15) is 0 Å². The molecule has 0 saturated heterocycles. The van der Waals surface area contributed by atoms with Crippen LogP contribution in [0, 0.1) is 20.3 Å². The lowest BCUT2D eigenvalue weighted by molar-refractivity contribution is 0.585. The van der Waals surface area contributed by atoms with Gasteiger partial charge in [0.2, 0.25) is 0 Å². The van der Waals surface area contributed by atoms with Gasteiger partial charge in [0.15, 0.2) is 0 Å². The zero-order chi connectivity index (χ0) is 20.4. The number of hydrogen-bond acceptors (Lipinski definition) is 0. The average Bonchev–Trinajstić information content (AvgIpc) is 3.18. The smallest absolute Gasteiger partial charge is 0.0218 e. The van der Waals surface area contributed by atoms with Crippen molar-refractivity contribution in [1.82, 2.24) is 0 Å². The Hall–Kier alpha value is -2.08. The molecule has 0 heteroatoms. The normalized spacial score (nSPS) is 15.6. The first-order chi connectivity index (χ1) is 13.0. The van der Waals surface area contributed by atoms with E-state index in [0.29, 0.717) is 0 Å². The van der Waals surface area contributed by atoms with Gasteiger partial charge in [-0.3, -0.25) is 0 Å². The molecule has 0 unspecified atom stereocenters. The zero-order valence-corrected chi connectivity index (χ0v) is 18.7. The van der Waals surface area contributed by atoms with Gasteiger partial charge in [0, 0.05) is 6.42 Å². The number of allylic oxidation sites excluding steroid dienone is 4. The first-order valence-electron chi connectivity index (χ1n) is 10.5. The first-order valence-corrected chi connectivity index (χ1v) is 10.5. The predicted molar refractivity (Wildman–Crippen MR) is 123 cm³/mol. The molecule has 0 aliphatic heterocycles. The molecule has 2 aromatic carbocycles. The zero-order valence-electron chi connectivity index (χ0n) is 18.7. The predicted octanol–water partition coefficient (Wildman–Crippen LogP) is 7.82. The summed E-state index contributed by atoms with van der Waals surface area (Å²) in [5, 5.41) is 0. The van der Waals surface area contributed by atoms with Crippen molar-refractivity contribution in [2.75, 3.05) is 0 Å². The Labute approximate surface area is 171 Å². The summed E-state index contributed by atoms with van der Waals surface area (Å²) >= 11 is 0. The molecule has 0 nitrogen and oxygen atoms in total. The minimum Gasteiger partial charge on any atom is -0.0801 e. The van der Waals surface area contributed by atoms with E-state index in [1.807, 2.05) is 0 Å². The number of rotatable bonds is 1. The number of fused-ring (bicyclic) bond motifs is 3. The van der Waals surface area contributed by atoms with Crippen molar-refractivity contribution in [3.05, 3.63) is 81.8 Å². The Kier molecular flexibility index (Phi) is 4.27. The van der Waals surface area contributed by atoms with E-state index < -0.39 is 0 Å². The van der Waals surface area contributed by atoms with Crippen molar-refractivity contribution in [1.29, 1.82) is 0 Å². The van der Waals surface area contributed by atoms with E-state index in [-0.39, 0.29) is 10.8 Å². The largest absolute Gasteiger partial charge is 0.0801 e. The van der Waals surface area contributed by atoms with E-state index in [4.69, 9.17) is 0 Å². The topological polar surface area (TPSA) is 0 Å². The highest BCUT2D eigenvalue weighted by atomic mass is 14.3. The standard InChI is InChI=1S/C28H33/c1-17-13-20-14-23-22(21(20)15-24(17)27(3,4)5)16-25(28(6,7)8)18(2)26(23)19-11-9-10-12-19/h9-11,13-16H,12H2,1-8H3. The second kappa shape index (κ2) is 6.21. The van der Waals surface area contributed by atoms with Gasteiger partial charge in [-0.25, -0.2) is 0 Å². The summed E-state index contributed by atoms with van der Waals surface area (Å²) in [5.41, 5.74) is 14.6. The van der Waals surface area contributed by atoms with Crippen LogP contribution in [0.25, 0.3) is 16.7 Å². The molecule has 145 valence electrons. The van der Waals surface area contributed by atoms with Crippen LogP contribution in [-0.4, -0.2) is 0 Å². The molecule has 2 aromatic rings. The van der Waals surface area contributed by atoms with Crippen molar-refractivity contribution < 1.29 is 0 Å². The molecule has 0 atom stereocenters. The summed E-state index contributed by atoms with van der Waals surface area (Å²) < 4.78 is 0. The van der Waals surface area contributed by atoms with Crippen molar-refractivity contribution in [2.45, 2.75) is 72.6 Å². The van der Waals surface area contributed by atoms with Crippen molar-refractivity contribution in [3.63, 3.8) is 0 Å². The van der Waals surface area contributed by atoms with E-state index >= 15 is 0 Å². The molecule has 0 saturated carbocycles. The average molecular weight is 370 g/mol. The Morgan fingerprint density at radius 1 is 0.786 bits per heavy atom. The second-order valence-electron chi connectivity index (χ2n) is 10.6. The molecule has 1 radical (unpaired) electrons. The van der Waals surface area contributed by atoms with E-state index in [2.05, 4.69) is 98.2 Å². The molecule has 0 bridgehead atoms. The van der Waals surface area contributed by atoms with Gasteiger partial charge in [0.25, 0.3) is 0 Å². The molecule has 4 rings (SSSR count). The molecule has 0 spiro atoms. The van der Waals surface area contributed by atoms with Crippen molar-refractivity contribution in [3.8, 4) is 11.1 Å². The van der Waals surface area contributed by atoms with Crippen molar-refractivity contribution in [2.24, 2.45) is 0 Å². The third kappa shape index (κ3) is 2.98. The molecular formula is C28H33. The summed E-state index contributed by atoms with van der Waals surface area (Å²) in [5.74, 6) is 0. The molecule has 0 aromatic heterocycles. The summed E-state index contributed by atoms with van der Waals surface area (Å²) in [6.45, 7) is 18.5. The van der Waals surface area contributed by atoms with Crippen LogP contribution in [0.3, 0.4) is 0 Å². The number of benzene rings is 2. The quantitative estimate of drug-likeness (QED) is 0.410. The summed E-state index contributed by atoms with van der Waals surface area (Å²) in [6, 6.07) is 7.33. The van der Waals surface area contributed by atoms with Gasteiger partial charge in [-0.1, -0.05) is 78.0 Å². The molecule has 0 amide bonds. The monoisotopic (exact) mass is 369 g/mol. The van der Waals surface area contributed by atoms with Crippen LogP contribution in [0.5, 0.6) is 0 Å². The van der Waals surface area contributed by atoms with Crippen molar-refractivity contribution >= 4 is 5.57 Å². The van der Waals surface area contributed by atoms with Gasteiger partial charge in [-0.2, -0.15) is 0 Å². The second-order valence-corrected chi connectivity index (χ2v) is 10.6. The highest BCUT2D eigenvalue weighted by Gasteiger charge is 2.30. The lowest BCUT2D eigenvalue weighted by Gasteiger charge is -2.27. The molecule has 0 N–H and O–H groups in total. The van der Waals surface area contributed by atoms with Crippen LogP contribution in [0.2, 0.25) is 0 Å². The molecule has 28 heavy (non-hydrogen) atoms. The van der Waals surface area contributed by atoms with Gasteiger partial charge in [0.1, 0.15) is 0 Å². The molecule has 2 aliphatic carbocycles. The molecule has 0 heterocycles. The molecule has 0 fully saturated rings. The lowest BCUT2D eigenvalue weighted by Crippen LogP contribution is -2.15. The van der Waals surface area contributed by atoms with E-state index in [0.717, 1.165) is 6.42 Å². The fourth-order valence-corrected chi connectivity index (χ4v) is 5.05. The van der Waals surface area contributed by atoms with Gasteiger partial charge in [-0.15, -0.1) is 0 Å². The summed E-state index contributed by atoms with van der Waals surface area (Å²) in [4.78, 5) is 0. The van der Waals surface area contributed by atoms with E-state index in [1.54, 1.807) is 0 Å². The van der Waals surface area contributed by atoms with Crippen LogP contribution in [0.4, 0.5) is 0 Å². The maximum atomic E-state index is 2.47. The van der Waals surface area contributed by atoms with Gasteiger partial charge in [-0.05, 0) is 86.7 Å². The Morgan fingerprint density at radius 3 is 2.00 bits per heavy atom. The maximum absolute atomic E-state index is 2.47. The van der Waals surface area contributed by atoms with Crippen LogP contribution >= 0.6 is 0 Å². The van der Waals surface area contributed by atoms with Crippen LogP contribution in [-0.2, 0) is 10.8 Å². The third-order valence-electron chi connectivity index (χ3n) is 6.32. The third-order valence-corrected chi connectivity index (χ3v) is 6.32. The Balaban J connectivity index is 2.02. The number of aryl methyl sites for hydroxylation is 1. The maximum Gasteiger partial charge on any atom is 0.0218 e. The van der Waals surface area contributed by atoms with Crippen LogP contribution in [0.1, 0.15) is 86.9 Å². The first kappa shape index (κ1) is 19.2. The highest BCUT2D eigenvalue weighted by molar-refractivity contribution is 5.90. The molecule has 2 aliphatic rings. The Morgan fingerprint density at radius 2 is 1.43 bits per heavy atom. The number of hydrogen-bond donors (Lipinski definition) is 0. The summed E-state index contributed by atoms with van der Waals surface area (Å²) in [6.07, 6.45) is 10.2. The Bertz CT molecular complexity index is 1030. The highest BCUT2D eigenvalue weighted by Crippen LogP contribution is 2.48. The minimum atomic E-state index is 0.126. The van der Waals surface area contributed by atoms with Crippen LogP contribution < -0.4 is 0 Å². The SMILES string of the molecule is Cc1cc2c(cc1C(C)(C)C)-c1cc(C(C)(C)C)c(C)c(C3=CC=CC3)c1[CH]2. The van der Waals surface area contributed by atoms with Crippen LogP contribution in [0.15, 0.2) is 36.4 Å². The van der Waals surface area contributed by atoms with Gasteiger partial charge >= 0.3 is 0 Å². The minimum absolute atomic E-state index is 0.126. The molecular weight excluding hydrogens is 336 g/mol.